The number of aliphatic hydroxyl groups excluding tert-OH is 1. The zero-order valence-corrected chi connectivity index (χ0v) is 14.3. The number of nitrogens with one attached hydrogen (secondary N) is 1. The predicted molar refractivity (Wildman–Crippen MR) is 88.5 cm³/mol. The first-order chi connectivity index (χ1) is 11.9. The van der Waals surface area contributed by atoms with Gasteiger partial charge in [-0.15, -0.1) is 0 Å². The van der Waals surface area contributed by atoms with E-state index >= 15 is 0 Å². The highest BCUT2D eigenvalue weighted by Gasteiger charge is 2.25. The Morgan fingerprint density at radius 1 is 1.16 bits per heavy atom. The lowest BCUT2D eigenvalue weighted by molar-refractivity contribution is 0.155. The van der Waals surface area contributed by atoms with Crippen LogP contribution in [-0.4, -0.2) is 20.1 Å². The molecule has 0 bridgehead atoms. The molecule has 0 unspecified atom stereocenters. The van der Waals surface area contributed by atoms with E-state index in [4.69, 9.17) is 4.42 Å². The summed E-state index contributed by atoms with van der Waals surface area (Å²) < 4.78 is 58.8. The average molecular weight is 385 g/mol. The largest absolute Gasteiger partial charge is 0.458 e. The van der Waals surface area contributed by atoms with Crippen LogP contribution in [0.5, 0.6) is 0 Å². The lowest BCUT2D eigenvalue weighted by Crippen LogP contribution is -2.29. The van der Waals surface area contributed by atoms with Crippen LogP contribution in [0.2, 0.25) is 0 Å². The van der Waals surface area contributed by atoms with E-state index in [2.05, 4.69) is 0 Å². The van der Waals surface area contributed by atoms with Crippen molar-refractivity contribution < 1.29 is 26.7 Å². The first-order valence-corrected chi connectivity index (χ1v) is 9.55. The predicted octanol–water partition coefficient (Wildman–Crippen LogP) is 3.30. The summed E-state index contributed by atoms with van der Waals surface area (Å²) in [5.41, 5.74) is 0.831. The minimum Gasteiger partial charge on any atom is -0.458 e. The van der Waals surface area contributed by atoms with Gasteiger partial charge >= 0.3 is 0 Å². The lowest BCUT2D eigenvalue weighted by atomic mass is 10.2. The summed E-state index contributed by atoms with van der Waals surface area (Å²) in [5, 5.41) is 13.8. The highest BCUT2D eigenvalue weighted by atomic mass is 32.2. The monoisotopic (exact) mass is 385 g/mol. The third-order valence-corrected chi connectivity index (χ3v) is 5.57. The van der Waals surface area contributed by atoms with Crippen molar-refractivity contribution in [1.82, 2.24) is 4.72 Å². The van der Waals surface area contributed by atoms with Crippen LogP contribution in [0.1, 0.15) is 11.9 Å². The van der Waals surface area contributed by atoms with Crippen LogP contribution in [0, 0.1) is 11.6 Å². The Hall–Kier alpha value is -2.07. The minimum atomic E-state index is -4.46. The second kappa shape index (κ2) is 7.04. The average Bonchev–Trinajstić information content (AvgIpc) is 3.23. The van der Waals surface area contributed by atoms with Gasteiger partial charge in [-0.2, -0.15) is 11.3 Å². The number of hydrogen-bond acceptors (Lipinski definition) is 5. The van der Waals surface area contributed by atoms with E-state index in [-0.39, 0.29) is 5.76 Å². The van der Waals surface area contributed by atoms with Gasteiger partial charge in [-0.3, -0.25) is 0 Å². The molecule has 3 rings (SSSR count). The minimum absolute atomic E-state index is 0.137. The van der Waals surface area contributed by atoms with Crippen LogP contribution < -0.4 is 4.72 Å². The van der Waals surface area contributed by atoms with Gasteiger partial charge in [-0.1, -0.05) is 6.07 Å². The second-order valence-corrected chi connectivity index (χ2v) is 7.62. The van der Waals surface area contributed by atoms with E-state index in [0.29, 0.717) is 5.76 Å². The maximum atomic E-state index is 13.6. The molecule has 0 saturated heterocycles. The Morgan fingerprint density at radius 2 is 1.88 bits per heavy atom. The molecule has 25 heavy (non-hydrogen) atoms. The van der Waals surface area contributed by atoms with Gasteiger partial charge in [0.25, 0.3) is 0 Å². The number of sulfonamides is 1. The number of thiophene rings is 1. The molecule has 9 heteroatoms. The van der Waals surface area contributed by atoms with Crippen molar-refractivity contribution in [2.45, 2.75) is 11.0 Å². The number of halogens is 2. The third-order valence-electron chi connectivity index (χ3n) is 3.42. The van der Waals surface area contributed by atoms with Gasteiger partial charge in [-0.25, -0.2) is 21.9 Å². The molecule has 0 amide bonds. The highest BCUT2D eigenvalue weighted by Crippen LogP contribution is 2.27. The van der Waals surface area contributed by atoms with Gasteiger partial charge in [-0.05, 0) is 35.7 Å². The van der Waals surface area contributed by atoms with Crippen molar-refractivity contribution in [2.24, 2.45) is 0 Å². The van der Waals surface area contributed by atoms with Crippen LogP contribution in [0.15, 0.2) is 56.5 Å². The molecule has 0 aliphatic heterocycles. The fourth-order valence-corrected chi connectivity index (χ4v) is 4.01. The molecule has 0 saturated carbocycles. The zero-order valence-electron chi connectivity index (χ0n) is 12.6. The summed E-state index contributed by atoms with van der Waals surface area (Å²) in [5.74, 6) is -1.75. The number of aliphatic hydroxyl groups is 1. The van der Waals surface area contributed by atoms with Crippen molar-refractivity contribution in [3.8, 4) is 11.3 Å². The third kappa shape index (κ3) is 3.79. The van der Waals surface area contributed by atoms with Crippen molar-refractivity contribution in [1.29, 1.82) is 0 Å². The quantitative estimate of drug-likeness (QED) is 0.682. The summed E-state index contributed by atoms with van der Waals surface area (Å²) >= 11 is 1.48. The Balaban J connectivity index is 1.73. The molecule has 1 aromatic carbocycles. The molecule has 0 aliphatic rings. The molecular formula is C16H13F2NO4S2. The van der Waals surface area contributed by atoms with Crippen LogP contribution >= 0.6 is 11.3 Å². The van der Waals surface area contributed by atoms with Crippen LogP contribution in [0.4, 0.5) is 8.78 Å². The molecule has 0 fully saturated rings. The van der Waals surface area contributed by atoms with Gasteiger partial charge in [0.1, 0.15) is 29.3 Å². The fourth-order valence-electron chi connectivity index (χ4n) is 2.19. The summed E-state index contributed by atoms with van der Waals surface area (Å²) in [6.07, 6.45) is -1.31. The van der Waals surface area contributed by atoms with Crippen molar-refractivity contribution in [3.05, 3.63) is 64.6 Å². The molecule has 132 valence electrons. The standard InChI is InChI=1S/C16H13F2NO4S2/c17-11-2-1-3-12(18)16(11)25(21,22)19-8-13(20)15-5-4-14(23-15)10-6-7-24-9-10/h1-7,9,13,19-20H,8H2/t13-/m1/s1. The van der Waals surface area contributed by atoms with E-state index in [9.17, 15) is 22.3 Å². The van der Waals surface area contributed by atoms with Crippen molar-refractivity contribution in [2.75, 3.05) is 6.54 Å². The van der Waals surface area contributed by atoms with Gasteiger partial charge in [0.05, 0.1) is 0 Å². The van der Waals surface area contributed by atoms with Crippen molar-refractivity contribution in [3.63, 3.8) is 0 Å². The number of rotatable bonds is 6. The normalized spacial score (nSPS) is 13.1. The van der Waals surface area contributed by atoms with Crippen LogP contribution in [0.3, 0.4) is 0 Å². The molecule has 2 heterocycles. The fraction of sp³-hybridized carbons (Fsp3) is 0.125. The maximum Gasteiger partial charge on any atom is 0.246 e. The van der Waals surface area contributed by atoms with Gasteiger partial charge in [0.15, 0.2) is 4.90 Å². The molecule has 2 aromatic heterocycles. The Kier molecular flexibility index (Phi) is 5.00. The first-order valence-electron chi connectivity index (χ1n) is 7.12. The summed E-state index contributed by atoms with van der Waals surface area (Å²) in [4.78, 5) is -1.08. The van der Waals surface area contributed by atoms with E-state index < -0.39 is 39.2 Å². The van der Waals surface area contributed by atoms with E-state index in [1.54, 1.807) is 6.07 Å². The molecule has 1 atom stereocenters. The molecule has 0 aliphatic carbocycles. The Bertz CT molecular complexity index is 948. The second-order valence-electron chi connectivity index (χ2n) is 5.13. The van der Waals surface area contributed by atoms with E-state index in [1.807, 2.05) is 21.5 Å². The summed E-state index contributed by atoms with van der Waals surface area (Å²) in [6, 6.07) is 7.74. The Morgan fingerprint density at radius 3 is 2.52 bits per heavy atom. The van der Waals surface area contributed by atoms with E-state index in [0.717, 1.165) is 23.8 Å². The maximum absolute atomic E-state index is 13.6. The number of furan rings is 1. The van der Waals surface area contributed by atoms with Gasteiger partial charge in [0.2, 0.25) is 10.0 Å². The van der Waals surface area contributed by atoms with Crippen LogP contribution in [0.25, 0.3) is 11.3 Å². The van der Waals surface area contributed by atoms with Gasteiger partial charge in [0, 0.05) is 17.5 Å². The Labute approximate surface area is 146 Å². The molecule has 5 nitrogen and oxygen atoms in total. The topological polar surface area (TPSA) is 79.5 Å². The first kappa shape index (κ1) is 17.7. The van der Waals surface area contributed by atoms with Crippen LogP contribution in [-0.2, 0) is 10.0 Å². The highest BCUT2D eigenvalue weighted by molar-refractivity contribution is 7.89. The van der Waals surface area contributed by atoms with Gasteiger partial charge < -0.3 is 9.52 Å². The lowest BCUT2D eigenvalue weighted by Gasteiger charge is -2.11. The molecule has 3 aromatic rings. The van der Waals surface area contributed by atoms with E-state index in [1.165, 1.54) is 17.4 Å². The number of hydrogen-bond donors (Lipinski definition) is 2. The molecule has 0 spiro atoms. The SMILES string of the molecule is O=S(=O)(NC[C@@H](O)c1ccc(-c2ccsc2)o1)c1c(F)cccc1F. The molecular weight excluding hydrogens is 372 g/mol. The zero-order chi connectivity index (χ0) is 18.0. The summed E-state index contributed by atoms with van der Waals surface area (Å²) in [6.45, 7) is -0.493. The summed E-state index contributed by atoms with van der Waals surface area (Å²) in [7, 11) is -4.46. The smallest absolute Gasteiger partial charge is 0.246 e. The van der Waals surface area contributed by atoms with Crippen molar-refractivity contribution >= 4 is 21.4 Å². The molecule has 2 N–H and O–H groups in total. The number of benzene rings is 1. The molecule has 0 radical (unpaired) electrons.